The van der Waals surface area contributed by atoms with Crippen LogP contribution >= 0.6 is 0 Å². The van der Waals surface area contributed by atoms with Gasteiger partial charge in [-0.15, -0.1) is 0 Å². The van der Waals surface area contributed by atoms with Crippen LogP contribution in [0.15, 0.2) is 10.7 Å². The molecule has 2 rings (SSSR count). The third kappa shape index (κ3) is 2.92. The number of oxazole rings is 1. The van der Waals surface area contributed by atoms with E-state index in [1.54, 1.807) is 6.26 Å². The molecule has 1 aliphatic heterocycles. The average molecular weight is 272 g/mol. The van der Waals surface area contributed by atoms with Gasteiger partial charge in [0, 0.05) is 12.5 Å². The first-order valence-electron chi connectivity index (χ1n) is 6.36. The van der Waals surface area contributed by atoms with Crippen molar-refractivity contribution < 1.29 is 12.8 Å². The minimum Gasteiger partial charge on any atom is -0.449 e. The molecule has 6 heteroatoms. The van der Waals surface area contributed by atoms with Crippen LogP contribution in [0.1, 0.15) is 43.8 Å². The van der Waals surface area contributed by atoms with Gasteiger partial charge in [-0.3, -0.25) is 0 Å². The monoisotopic (exact) mass is 272 g/mol. The van der Waals surface area contributed by atoms with E-state index in [1.165, 1.54) is 0 Å². The van der Waals surface area contributed by atoms with Crippen LogP contribution in [0.3, 0.4) is 0 Å². The first kappa shape index (κ1) is 13.5. The zero-order chi connectivity index (χ0) is 13.2. The molecule has 5 nitrogen and oxygen atoms in total. The van der Waals surface area contributed by atoms with Crippen LogP contribution in [-0.2, 0) is 16.3 Å². The summed E-state index contributed by atoms with van der Waals surface area (Å²) in [4.78, 5) is 4.35. The second kappa shape index (κ2) is 5.40. The molecule has 1 fully saturated rings. The topological polar surface area (TPSA) is 72.2 Å². The predicted molar refractivity (Wildman–Crippen MR) is 69.1 cm³/mol. The molecule has 1 N–H and O–H groups in total. The van der Waals surface area contributed by atoms with E-state index in [9.17, 15) is 8.42 Å². The molecule has 2 atom stereocenters. The van der Waals surface area contributed by atoms with E-state index in [0.29, 0.717) is 18.1 Å². The van der Waals surface area contributed by atoms with Gasteiger partial charge in [-0.2, -0.15) is 0 Å². The number of nitrogens with zero attached hydrogens (tertiary/aromatic N) is 1. The summed E-state index contributed by atoms with van der Waals surface area (Å²) in [5.74, 6) is 0.834. The second-order valence-electron chi connectivity index (χ2n) is 4.87. The molecule has 2 unspecified atom stereocenters. The lowest BCUT2D eigenvalue weighted by molar-refractivity contribution is 0.466. The van der Waals surface area contributed by atoms with Gasteiger partial charge in [-0.1, -0.05) is 6.42 Å². The van der Waals surface area contributed by atoms with Crippen molar-refractivity contribution in [3.05, 3.63) is 17.8 Å². The van der Waals surface area contributed by atoms with Crippen molar-refractivity contribution in [1.29, 1.82) is 0 Å². The molecule has 1 aromatic rings. The fraction of sp³-hybridized carbons (Fsp3) is 0.750. The number of nitrogens with one attached hydrogen (secondary N) is 1. The number of aromatic nitrogens is 1. The molecule has 0 bridgehead atoms. The second-order valence-corrected chi connectivity index (χ2v) is 7.27. The molecule has 0 aromatic carbocycles. The van der Waals surface area contributed by atoms with E-state index >= 15 is 0 Å². The van der Waals surface area contributed by atoms with Crippen molar-refractivity contribution in [1.82, 2.24) is 10.3 Å². The third-order valence-electron chi connectivity index (χ3n) is 3.56. The lowest BCUT2D eigenvalue weighted by atomic mass is 10.1. The van der Waals surface area contributed by atoms with Crippen LogP contribution in [0.4, 0.5) is 0 Å². The van der Waals surface area contributed by atoms with Gasteiger partial charge < -0.3 is 9.73 Å². The largest absolute Gasteiger partial charge is 0.449 e. The minimum atomic E-state index is -2.95. The summed E-state index contributed by atoms with van der Waals surface area (Å²) in [6.45, 7) is 1.99. The molecular weight excluding hydrogens is 252 g/mol. The third-order valence-corrected chi connectivity index (χ3v) is 5.84. The summed E-state index contributed by atoms with van der Waals surface area (Å²) in [6, 6.07) is 0.116. The Kier molecular flexibility index (Phi) is 4.07. The van der Waals surface area contributed by atoms with Crippen LogP contribution in [0.5, 0.6) is 0 Å². The highest BCUT2D eigenvalue weighted by Gasteiger charge is 2.30. The minimum absolute atomic E-state index is 0.116. The highest BCUT2D eigenvalue weighted by atomic mass is 32.2. The van der Waals surface area contributed by atoms with Crippen molar-refractivity contribution >= 4 is 9.84 Å². The predicted octanol–water partition coefficient (Wildman–Crippen LogP) is 1.46. The molecule has 0 saturated carbocycles. The lowest BCUT2D eigenvalue weighted by Crippen LogP contribution is -2.30. The van der Waals surface area contributed by atoms with Gasteiger partial charge in [0.1, 0.15) is 6.26 Å². The number of hydrogen-bond donors (Lipinski definition) is 1. The maximum absolute atomic E-state index is 11.9. The molecule has 2 heterocycles. The molecule has 1 saturated heterocycles. The molecule has 18 heavy (non-hydrogen) atoms. The first-order chi connectivity index (χ1) is 8.53. The van der Waals surface area contributed by atoms with Crippen molar-refractivity contribution in [2.75, 3.05) is 12.8 Å². The Morgan fingerprint density at radius 3 is 3.00 bits per heavy atom. The zero-order valence-corrected chi connectivity index (χ0v) is 11.7. The standard InChI is InChI=1S/C12H20N2O3S/c1-9(13-2)11-8-17-12(14-11)7-10-5-3-4-6-18(10,15)16/h8-10,13H,3-7H2,1-2H3. The van der Waals surface area contributed by atoms with Crippen LogP contribution in [-0.4, -0.2) is 31.5 Å². The van der Waals surface area contributed by atoms with Gasteiger partial charge in [-0.25, -0.2) is 13.4 Å². The van der Waals surface area contributed by atoms with Crippen molar-refractivity contribution in [2.24, 2.45) is 0 Å². The molecule has 0 amide bonds. The van der Waals surface area contributed by atoms with E-state index < -0.39 is 9.84 Å². The molecule has 0 spiro atoms. The van der Waals surface area contributed by atoms with Gasteiger partial charge in [0.2, 0.25) is 0 Å². The summed E-state index contributed by atoms with van der Waals surface area (Å²) in [6.07, 6.45) is 4.49. The van der Waals surface area contributed by atoms with Crippen LogP contribution in [0.25, 0.3) is 0 Å². The van der Waals surface area contributed by atoms with E-state index in [0.717, 1.165) is 25.0 Å². The maximum atomic E-state index is 11.9. The van der Waals surface area contributed by atoms with E-state index in [-0.39, 0.29) is 11.3 Å². The highest BCUT2D eigenvalue weighted by Crippen LogP contribution is 2.23. The molecule has 1 aliphatic rings. The van der Waals surface area contributed by atoms with Crippen LogP contribution in [0.2, 0.25) is 0 Å². The summed E-state index contributed by atoms with van der Waals surface area (Å²) < 4.78 is 29.2. The smallest absolute Gasteiger partial charge is 0.195 e. The fourth-order valence-corrected chi connectivity index (χ4v) is 4.07. The fourth-order valence-electron chi connectivity index (χ4n) is 2.21. The molecular formula is C12H20N2O3S. The Balaban J connectivity index is 2.07. The van der Waals surface area contributed by atoms with Crippen molar-refractivity contribution in [2.45, 2.75) is 43.9 Å². The summed E-state index contributed by atoms with van der Waals surface area (Å²) >= 11 is 0. The first-order valence-corrected chi connectivity index (χ1v) is 8.07. The molecule has 1 aromatic heterocycles. The number of sulfone groups is 1. The normalized spacial score (nSPS) is 24.9. The maximum Gasteiger partial charge on any atom is 0.195 e. The van der Waals surface area contributed by atoms with E-state index in [2.05, 4.69) is 10.3 Å². The van der Waals surface area contributed by atoms with Gasteiger partial charge in [0.15, 0.2) is 15.7 Å². The number of rotatable bonds is 4. The van der Waals surface area contributed by atoms with Gasteiger partial charge in [-0.05, 0) is 26.8 Å². The van der Waals surface area contributed by atoms with E-state index in [1.807, 2.05) is 14.0 Å². The molecule has 0 aliphatic carbocycles. The summed E-state index contributed by atoms with van der Waals surface area (Å²) in [5, 5.41) is 2.76. The quantitative estimate of drug-likeness (QED) is 0.898. The summed E-state index contributed by atoms with van der Waals surface area (Å²) in [7, 11) is -1.10. The van der Waals surface area contributed by atoms with Crippen LogP contribution in [0, 0.1) is 0 Å². The molecule has 0 radical (unpaired) electrons. The average Bonchev–Trinajstić information content (AvgIpc) is 2.79. The highest BCUT2D eigenvalue weighted by molar-refractivity contribution is 7.92. The Labute approximate surface area is 108 Å². The van der Waals surface area contributed by atoms with Gasteiger partial charge in [0.25, 0.3) is 0 Å². The Hall–Kier alpha value is -0.880. The summed E-state index contributed by atoms with van der Waals surface area (Å²) in [5.41, 5.74) is 0.820. The SMILES string of the molecule is CNC(C)c1coc(CC2CCCCS2(=O)=O)n1. The zero-order valence-electron chi connectivity index (χ0n) is 10.8. The Morgan fingerprint density at radius 1 is 1.56 bits per heavy atom. The number of hydrogen-bond acceptors (Lipinski definition) is 5. The van der Waals surface area contributed by atoms with Gasteiger partial charge in [0.05, 0.1) is 16.7 Å². The van der Waals surface area contributed by atoms with Crippen molar-refractivity contribution in [3.8, 4) is 0 Å². The molecule has 102 valence electrons. The van der Waals surface area contributed by atoms with Crippen molar-refractivity contribution in [3.63, 3.8) is 0 Å². The van der Waals surface area contributed by atoms with Crippen LogP contribution < -0.4 is 5.32 Å². The Morgan fingerprint density at radius 2 is 2.33 bits per heavy atom. The van der Waals surface area contributed by atoms with Gasteiger partial charge >= 0.3 is 0 Å². The Bertz CT molecular complexity index is 495. The van der Waals surface area contributed by atoms with E-state index in [4.69, 9.17) is 4.42 Å². The lowest BCUT2D eigenvalue weighted by Gasteiger charge is -2.20.